The van der Waals surface area contributed by atoms with E-state index >= 15 is 0 Å². The van der Waals surface area contributed by atoms with E-state index in [-0.39, 0.29) is 23.2 Å². The van der Waals surface area contributed by atoms with E-state index < -0.39 is 10.0 Å². The summed E-state index contributed by atoms with van der Waals surface area (Å²) in [5.41, 5.74) is 1.17. The van der Waals surface area contributed by atoms with Gasteiger partial charge in [0.15, 0.2) is 0 Å². The van der Waals surface area contributed by atoms with Crippen LogP contribution in [-0.2, 0) is 10.0 Å². The Morgan fingerprint density at radius 1 is 1.21 bits per heavy atom. The zero-order valence-electron chi connectivity index (χ0n) is 15.7. The molecular formula is C20H19ClFN3O3S. The lowest BCUT2D eigenvalue weighted by molar-refractivity contribution is 0.265. The van der Waals surface area contributed by atoms with Gasteiger partial charge in [0, 0.05) is 23.7 Å². The molecule has 0 aliphatic carbocycles. The highest BCUT2D eigenvalue weighted by atomic mass is 35.5. The van der Waals surface area contributed by atoms with Crippen molar-refractivity contribution in [3.63, 3.8) is 0 Å². The minimum Gasteiger partial charge on any atom is -0.339 e. The Bertz CT molecular complexity index is 1130. The molecule has 1 aromatic heterocycles. The van der Waals surface area contributed by atoms with Crippen molar-refractivity contribution in [3.05, 3.63) is 64.8 Å². The predicted molar refractivity (Wildman–Crippen MR) is 107 cm³/mol. The van der Waals surface area contributed by atoms with E-state index in [0.717, 1.165) is 6.42 Å². The van der Waals surface area contributed by atoms with Crippen molar-refractivity contribution in [3.8, 4) is 11.4 Å². The molecule has 1 saturated heterocycles. The van der Waals surface area contributed by atoms with Gasteiger partial charge in [0.1, 0.15) is 5.82 Å². The second-order valence-electron chi connectivity index (χ2n) is 7.03. The highest BCUT2D eigenvalue weighted by Crippen LogP contribution is 2.32. The average Bonchev–Trinajstić information content (AvgIpc) is 3.21. The number of hydrogen-bond acceptors (Lipinski definition) is 5. The summed E-state index contributed by atoms with van der Waals surface area (Å²) < 4.78 is 46.3. The van der Waals surface area contributed by atoms with Gasteiger partial charge >= 0.3 is 0 Å². The second kappa shape index (κ2) is 7.85. The summed E-state index contributed by atoms with van der Waals surface area (Å²) in [6.07, 6.45) is 1.42. The molecule has 0 unspecified atom stereocenters. The Labute approximate surface area is 173 Å². The fourth-order valence-corrected chi connectivity index (χ4v) is 5.49. The van der Waals surface area contributed by atoms with Crippen LogP contribution in [0.5, 0.6) is 0 Å². The molecule has 2 heterocycles. The Kier molecular flexibility index (Phi) is 5.42. The summed E-state index contributed by atoms with van der Waals surface area (Å²) in [7, 11) is -3.69. The van der Waals surface area contributed by atoms with Gasteiger partial charge in [-0.2, -0.15) is 9.29 Å². The Hall–Kier alpha value is -2.29. The van der Waals surface area contributed by atoms with Crippen molar-refractivity contribution in [2.45, 2.75) is 30.6 Å². The zero-order chi connectivity index (χ0) is 20.6. The third kappa shape index (κ3) is 3.92. The van der Waals surface area contributed by atoms with Crippen LogP contribution in [0.1, 0.15) is 30.2 Å². The fourth-order valence-electron chi connectivity index (χ4n) is 3.49. The number of nitrogens with zero attached hydrogens (tertiary/aromatic N) is 3. The van der Waals surface area contributed by atoms with Crippen molar-refractivity contribution in [1.82, 2.24) is 14.4 Å². The van der Waals surface area contributed by atoms with Gasteiger partial charge in [-0.05, 0) is 61.7 Å². The van der Waals surface area contributed by atoms with Crippen LogP contribution in [0, 0.1) is 12.7 Å². The molecule has 9 heteroatoms. The average molecular weight is 436 g/mol. The lowest BCUT2D eigenvalue weighted by Crippen LogP contribution is -2.39. The third-order valence-electron chi connectivity index (χ3n) is 5.11. The minimum absolute atomic E-state index is 0.209. The van der Waals surface area contributed by atoms with Gasteiger partial charge in [0.25, 0.3) is 0 Å². The van der Waals surface area contributed by atoms with Crippen LogP contribution >= 0.6 is 11.6 Å². The summed E-state index contributed by atoms with van der Waals surface area (Å²) in [6, 6.07) is 10.7. The number of aromatic nitrogens is 2. The number of rotatable bonds is 4. The number of halogens is 2. The molecule has 0 amide bonds. The predicted octanol–water partition coefficient (Wildman–Crippen LogP) is 4.41. The van der Waals surface area contributed by atoms with Crippen LogP contribution in [0.15, 0.2) is 51.9 Å². The molecule has 0 spiro atoms. The first-order valence-electron chi connectivity index (χ1n) is 9.21. The maximum Gasteiger partial charge on any atom is 0.243 e. The van der Waals surface area contributed by atoms with Gasteiger partial charge in [-0.3, -0.25) is 0 Å². The van der Waals surface area contributed by atoms with Crippen LogP contribution in [0.25, 0.3) is 11.4 Å². The highest BCUT2D eigenvalue weighted by molar-refractivity contribution is 7.89. The van der Waals surface area contributed by atoms with Gasteiger partial charge in [0.2, 0.25) is 21.7 Å². The summed E-state index contributed by atoms with van der Waals surface area (Å²) in [4.78, 5) is 4.62. The quantitative estimate of drug-likeness (QED) is 0.606. The van der Waals surface area contributed by atoms with Crippen molar-refractivity contribution in [1.29, 1.82) is 0 Å². The molecule has 1 fully saturated rings. The molecule has 4 rings (SSSR count). The van der Waals surface area contributed by atoms with Crippen molar-refractivity contribution in [2.24, 2.45) is 0 Å². The summed E-state index contributed by atoms with van der Waals surface area (Å²) in [5, 5.41) is 4.39. The molecule has 1 atom stereocenters. The normalized spacial score (nSPS) is 18.1. The topological polar surface area (TPSA) is 76.3 Å². The molecule has 0 N–H and O–H groups in total. The first-order chi connectivity index (χ1) is 13.9. The van der Waals surface area contributed by atoms with E-state index in [9.17, 15) is 12.8 Å². The SMILES string of the molecule is Cc1c(Cl)cccc1S(=O)(=O)N1CCC[C@H](c2nc(-c3ccc(F)cc3)no2)C1. The summed E-state index contributed by atoms with van der Waals surface area (Å²) >= 11 is 6.11. The molecular weight excluding hydrogens is 417 g/mol. The van der Waals surface area contributed by atoms with Crippen LogP contribution in [0.4, 0.5) is 4.39 Å². The summed E-state index contributed by atoms with van der Waals surface area (Å²) in [5.74, 6) is 0.180. The molecule has 0 bridgehead atoms. The minimum atomic E-state index is -3.69. The van der Waals surface area contributed by atoms with E-state index in [1.807, 2.05) is 0 Å². The lowest BCUT2D eigenvalue weighted by Gasteiger charge is -2.30. The van der Waals surface area contributed by atoms with Gasteiger partial charge in [-0.15, -0.1) is 0 Å². The van der Waals surface area contributed by atoms with E-state index in [0.29, 0.717) is 40.8 Å². The molecule has 2 aromatic carbocycles. The van der Waals surface area contributed by atoms with Crippen LogP contribution < -0.4 is 0 Å². The molecule has 0 saturated carbocycles. The molecule has 6 nitrogen and oxygen atoms in total. The van der Waals surface area contributed by atoms with Gasteiger partial charge in [-0.25, -0.2) is 12.8 Å². The molecule has 152 valence electrons. The van der Waals surface area contributed by atoms with Crippen LogP contribution in [0.2, 0.25) is 5.02 Å². The zero-order valence-corrected chi connectivity index (χ0v) is 17.3. The number of piperidine rings is 1. The molecule has 3 aromatic rings. The highest BCUT2D eigenvalue weighted by Gasteiger charge is 2.34. The molecule has 29 heavy (non-hydrogen) atoms. The van der Waals surface area contributed by atoms with E-state index in [1.165, 1.54) is 16.4 Å². The first kappa shape index (κ1) is 20.0. The number of benzene rings is 2. The van der Waals surface area contributed by atoms with E-state index in [4.69, 9.17) is 16.1 Å². The van der Waals surface area contributed by atoms with Crippen molar-refractivity contribution < 1.29 is 17.3 Å². The standard InChI is InChI=1S/C20H19ClFN3O3S/c1-13-17(21)5-2-6-18(13)29(26,27)25-11-3-4-15(12-25)20-23-19(24-28-20)14-7-9-16(22)10-8-14/h2,5-10,15H,3-4,11-12H2,1H3/t15-/m0/s1. The second-order valence-corrected chi connectivity index (χ2v) is 9.34. The molecule has 1 aliphatic heterocycles. The lowest BCUT2D eigenvalue weighted by atomic mass is 10.00. The third-order valence-corrected chi connectivity index (χ3v) is 7.53. The fraction of sp³-hybridized carbons (Fsp3) is 0.300. The summed E-state index contributed by atoms with van der Waals surface area (Å²) in [6.45, 7) is 2.37. The molecule has 1 aliphatic rings. The van der Waals surface area contributed by atoms with E-state index in [2.05, 4.69) is 10.1 Å². The maximum atomic E-state index is 13.2. The molecule has 0 radical (unpaired) electrons. The van der Waals surface area contributed by atoms with Gasteiger partial charge in [-0.1, -0.05) is 22.8 Å². The number of hydrogen-bond donors (Lipinski definition) is 0. The van der Waals surface area contributed by atoms with Crippen molar-refractivity contribution >= 4 is 21.6 Å². The Morgan fingerprint density at radius 3 is 2.72 bits per heavy atom. The maximum absolute atomic E-state index is 13.2. The van der Waals surface area contributed by atoms with Crippen LogP contribution in [-0.4, -0.2) is 36.0 Å². The van der Waals surface area contributed by atoms with E-state index in [1.54, 1.807) is 37.3 Å². The Balaban J connectivity index is 1.57. The largest absolute Gasteiger partial charge is 0.339 e. The van der Waals surface area contributed by atoms with Gasteiger partial charge < -0.3 is 4.52 Å². The van der Waals surface area contributed by atoms with Crippen molar-refractivity contribution in [2.75, 3.05) is 13.1 Å². The van der Waals surface area contributed by atoms with Crippen LogP contribution in [0.3, 0.4) is 0 Å². The first-order valence-corrected chi connectivity index (χ1v) is 11.0. The van der Waals surface area contributed by atoms with Gasteiger partial charge in [0.05, 0.1) is 10.8 Å². The smallest absolute Gasteiger partial charge is 0.243 e. The monoisotopic (exact) mass is 435 g/mol. The number of sulfonamides is 1. The Morgan fingerprint density at radius 2 is 1.97 bits per heavy atom.